The Morgan fingerprint density at radius 1 is 0.678 bits per heavy atom. The molecule has 308 valence electrons. The van der Waals surface area contributed by atoms with Gasteiger partial charge in [-0.05, 0) is 59.6 Å². The van der Waals surface area contributed by atoms with Crippen LogP contribution in [0.15, 0.2) is 108 Å². The normalized spacial score (nSPS) is 16.2. The standard InChI is InChI=1S/C45H41F5N2O6S/c46-38-39(47)41(49)43(42(50)40(38)48)59(55,56)51-23-22-34(26-51)44(53)52(25-29-16-18-33(19-17-29)32-14-8-3-9-15-32)35-20-21-36(45(54)58-28-31-12-6-2-7-13-31)37(24-35)57-27-30-10-4-1-5-11-30/h1-2,4-7,10-13,16-21,24,32,34H,3,8-9,14-15,22-23,25-28H2/t34-/m1/s1. The molecule has 1 aliphatic heterocycles. The van der Waals surface area contributed by atoms with Crippen molar-refractivity contribution in [2.45, 2.75) is 69.1 Å². The highest BCUT2D eigenvalue weighted by molar-refractivity contribution is 7.89. The fourth-order valence-electron chi connectivity index (χ4n) is 7.62. The predicted molar refractivity (Wildman–Crippen MR) is 209 cm³/mol. The maximum absolute atomic E-state index is 14.7. The topological polar surface area (TPSA) is 93.2 Å². The third-order valence-electron chi connectivity index (χ3n) is 10.9. The van der Waals surface area contributed by atoms with Gasteiger partial charge in [0.1, 0.15) is 24.5 Å². The average Bonchev–Trinajstić information content (AvgIpc) is 3.78. The van der Waals surface area contributed by atoms with E-state index in [9.17, 15) is 40.0 Å². The highest BCUT2D eigenvalue weighted by atomic mass is 32.2. The molecule has 1 heterocycles. The lowest BCUT2D eigenvalue weighted by Crippen LogP contribution is -2.38. The van der Waals surface area contributed by atoms with Gasteiger partial charge in [0.15, 0.2) is 28.2 Å². The van der Waals surface area contributed by atoms with Crippen molar-refractivity contribution in [3.05, 3.63) is 160 Å². The number of amides is 1. The van der Waals surface area contributed by atoms with Crippen molar-refractivity contribution in [2.75, 3.05) is 18.0 Å². The molecular weight excluding hydrogens is 792 g/mol. The summed E-state index contributed by atoms with van der Waals surface area (Å²) in [7, 11) is -5.28. The highest BCUT2D eigenvalue weighted by Gasteiger charge is 2.42. The number of anilines is 1. The molecule has 0 radical (unpaired) electrons. The third-order valence-corrected chi connectivity index (χ3v) is 12.8. The predicted octanol–water partition coefficient (Wildman–Crippen LogP) is 9.61. The molecule has 0 spiro atoms. The van der Waals surface area contributed by atoms with E-state index in [4.69, 9.17) is 9.47 Å². The highest BCUT2D eigenvalue weighted by Crippen LogP contribution is 2.36. The third kappa shape index (κ3) is 9.18. The Balaban J connectivity index is 1.21. The number of carbonyl (C=O) groups excluding carboxylic acids is 2. The number of ether oxygens (including phenoxy) is 2. The van der Waals surface area contributed by atoms with Crippen molar-refractivity contribution in [2.24, 2.45) is 5.92 Å². The van der Waals surface area contributed by atoms with Gasteiger partial charge in [0.2, 0.25) is 21.7 Å². The van der Waals surface area contributed by atoms with Crippen LogP contribution >= 0.6 is 0 Å². The van der Waals surface area contributed by atoms with Crippen molar-refractivity contribution >= 4 is 27.6 Å². The van der Waals surface area contributed by atoms with Crippen LogP contribution in [-0.2, 0) is 39.3 Å². The zero-order valence-electron chi connectivity index (χ0n) is 31.9. The summed E-state index contributed by atoms with van der Waals surface area (Å²) < 4.78 is 111. The summed E-state index contributed by atoms with van der Waals surface area (Å²) in [4.78, 5) is 27.5. The molecule has 1 saturated heterocycles. The van der Waals surface area contributed by atoms with Gasteiger partial charge in [0.05, 0.1) is 12.5 Å². The van der Waals surface area contributed by atoms with Crippen LogP contribution < -0.4 is 9.64 Å². The minimum absolute atomic E-state index is 0.000592. The lowest BCUT2D eigenvalue weighted by molar-refractivity contribution is -0.122. The van der Waals surface area contributed by atoms with Crippen LogP contribution in [0.2, 0.25) is 0 Å². The number of esters is 1. The summed E-state index contributed by atoms with van der Waals surface area (Å²) >= 11 is 0. The number of halogens is 5. The van der Waals surface area contributed by atoms with Gasteiger partial charge in [0.25, 0.3) is 0 Å². The van der Waals surface area contributed by atoms with Gasteiger partial charge in [-0.2, -0.15) is 4.31 Å². The number of hydrogen-bond acceptors (Lipinski definition) is 6. The second kappa shape index (κ2) is 18.1. The van der Waals surface area contributed by atoms with Gasteiger partial charge in [-0.1, -0.05) is 104 Å². The van der Waals surface area contributed by atoms with Crippen LogP contribution in [0, 0.1) is 35.0 Å². The summed E-state index contributed by atoms with van der Waals surface area (Å²) in [6.45, 7) is -0.973. The number of nitrogens with zero attached hydrogens (tertiary/aromatic N) is 2. The zero-order valence-corrected chi connectivity index (χ0v) is 32.7. The zero-order chi connectivity index (χ0) is 41.7. The van der Waals surface area contributed by atoms with Crippen molar-refractivity contribution in [3.63, 3.8) is 0 Å². The van der Waals surface area contributed by atoms with E-state index in [2.05, 4.69) is 0 Å². The number of benzene rings is 5. The van der Waals surface area contributed by atoms with Gasteiger partial charge in [-0.3, -0.25) is 4.79 Å². The lowest BCUT2D eigenvalue weighted by Gasteiger charge is -2.27. The van der Waals surface area contributed by atoms with Crippen molar-refractivity contribution in [3.8, 4) is 5.75 Å². The molecule has 5 aromatic rings. The van der Waals surface area contributed by atoms with Crippen molar-refractivity contribution < 1.29 is 49.4 Å². The van der Waals surface area contributed by atoms with Crippen molar-refractivity contribution in [1.29, 1.82) is 0 Å². The monoisotopic (exact) mass is 832 g/mol. The summed E-state index contributed by atoms with van der Waals surface area (Å²) in [5.41, 5.74) is 3.86. The van der Waals surface area contributed by atoms with Crippen LogP contribution in [-0.4, -0.2) is 37.7 Å². The molecule has 2 aliphatic rings. The molecule has 8 nitrogen and oxygen atoms in total. The van der Waals surface area contributed by atoms with Crippen LogP contribution in [0.3, 0.4) is 0 Å². The Morgan fingerprint density at radius 2 is 1.27 bits per heavy atom. The first-order valence-corrected chi connectivity index (χ1v) is 20.8. The molecule has 5 aromatic carbocycles. The van der Waals surface area contributed by atoms with E-state index in [0.29, 0.717) is 10.2 Å². The van der Waals surface area contributed by atoms with Gasteiger partial charge in [-0.15, -0.1) is 0 Å². The smallest absolute Gasteiger partial charge is 0.342 e. The first-order valence-electron chi connectivity index (χ1n) is 19.4. The summed E-state index contributed by atoms with van der Waals surface area (Å²) in [6, 6.07) is 30.7. The summed E-state index contributed by atoms with van der Waals surface area (Å²) in [6.07, 6.45) is 5.55. The first-order chi connectivity index (χ1) is 28.4. The number of rotatable bonds is 13. The fourth-order valence-corrected chi connectivity index (χ4v) is 9.23. The maximum Gasteiger partial charge on any atom is 0.342 e. The molecule has 14 heteroatoms. The van der Waals surface area contributed by atoms with E-state index >= 15 is 0 Å². The molecule has 59 heavy (non-hydrogen) atoms. The quantitative estimate of drug-likeness (QED) is 0.0508. The van der Waals surface area contributed by atoms with Crippen LogP contribution in [0.5, 0.6) is 5.75 Å². The van der Waals surface area contributed by atoms with Gasteiger partial charge in [-0.25, -0.2) is 35.2 Å². The lowest BCUT2D eigenvalue weighted by atomic mass is 9.84. The van der Waals surface area contributed by atoms with E-state index < -0.39 is 74.9 Å². The minimum atomic E-state index is -5.28. The van der Waals surface area contributed by atoms with Gasteiger partial charge >= 0.3 is 5.97 Å². The molecule has 1 atom stereocenters. The Bertz CT molecular complexity index is 2380. The Kier molecular flexibility index (Phi) is 12.8. The van der Waals surface area contributed by atoms with Crippen molar-refractivity contribution in [1.82, 2.24) is 4.31 Å². The van der Waals surface area contributed by atoms with Gasteiger partial charge < -0.3 is 14.4 Å². The van der Waals surface area contributed by atoms with Crippen LogP contribution in [0.1, 0.15) is 77.1 Å². The summed E-state index contributed by atoms with van der Waals surface area (Å²) in [5, 5.41) is 0. The molecule has 1 amide bonds. The molecule has 0 bridgehead atoms. The number of hydrogen-bond donors (Lipinski definition) is 0. The van der Waals surface area contributed by atoms with Crippen LogP contribution in [0.4, 0.5) is 27.6 Å². The van der Waals surface area contributed by atoms with E-state index in [0.717, 1.165) is 42.4 Å². The van der Waals surface area contributed by atoms with E-state index in [1.807, 2.05) is 84.9 Å². The van der Waals surface area contributed by atoms with E-state index in [-0.39, 0.29) is 43.2 Å². The largest absolute Gasteiger partial charge is 0.488 e. The first kappa shape index (κ1) is 41.6. The maximum atomic E-state index is 14.7. The number of carbonyl (C=O) groups is 2. The second-order valence-electron chi connectivity index (χ2n) is 14.8. The second-order valence-corrected chi connectivity index (χ2v) is 16.6. The summed E-state index contributed by atoms with van der Waals surface area (Å²) in [5.74, 6) is -14.1. The molecule has 1 aliphatic carbocycles. The Morgan fingerprint density at radius 3 is 1.90 bits per heavy atom. The molecule has 1 saturated carbocycles. The molecule has 0 unspecified atom stereocenters. The number of sulfonamides is 1. The SMILES string of the molecule is O=C(OCc1ccccc1)c1ccc(N(Cc2ccc(C3CCCCC3)cc2)C(=O)[C@@H]2CCN(S(=O)(=O)c3c(F)c(F)c(F)c(F)c3F)C2)cc1OCc1ccccc1. The molecule has 0 aromatic heterocycles. The fraction of sp³-hybridized carbons (Fsp3) is 0.289. The Hall–Kier alpha value is -5.60. The average molecular weight is 833 g/mol. The molecule has 0 N–H and O–H groups in total. The van der Waals surface area contributed by atoms with E-state index in [1.165, 1.54) is 29.0 Å². The molecular formula is C45H41F5N2O6S. The minimum Gasteiger partial charge on any atom is -0.488 e. The van der Waals surface area contributed by atoms with E-state index in [1.54, 1.807) is 6.07 Å². The Labute approximate surface area is 339 Å². The molecule has 2 fully saturated rings. The molecule has 7 rings (SSSR count). The van der Waals surface area contributed by atoms with Gasteiger partial charge in [0, 0.05) is 24.8 Å². The van der Waals surface area contributed by atoms with Crippen LogP contribution in [0.25, 0.3) is 0 Å².